The molecule has 232 valence electrons. The highest BCUT2D eigenvalue weighted by molar-refractivity contribution is 7.26. The Morgan fingerprint density at radius 1 is 0.489 bits per heavy atom. The Hall–Kier alpha value is -2.48. The summed E-state index contributed by atoms with van der Waals surface area (Å²) < 4.78 is 95.6. The van der Waals surface area contributed by atoms with Gasteiger partial charge in [0.05, 0.1) is 9.75 Å². The molecule has 0 saturated carbocycles. The maximum absolute atomic E-state index is 16.2. The van der Waals surface area contributed by atoms with Crippen LogP contribution in [-0.4, -0.2) is 17.8 Å². The standard InChI is InChI=1S/C33H22F6S6/c1-15-7-22(40-11-15)20-5-6-21(44-20)30-26(18(4)14-43-30)28-27(31(34,35)33(38,39)32(28,36)37)19-10-24(23-8-16(2)12-41-23)45-29(19)25-9-17(3)13-42-25/h5-14H,1-4H3. The van der Waals surface area contributed by atoms with Crippen LogP contribution in [0.2, 0.25) is 0 Å². The van der Waals surface area contributed by atoms with Crippen LogP contribution in [0.3, 0.4) is 0 Å². The third-order valence-electron chi connectivity index (χ3n) is 7.62. The first-order valence-corrected chi connectivity index (χ1v) is 18.7. The highest BCUT2D eigenvalue weighted by Crippen LogP contribution is 2.67. The van der Waals surface area contributed by atoms with E-state index in [0.29, 0.717) is 14.6 Å². The maximum atomic E-state index is 16.2. The number of rotatable bonds is 6. The van der Waals surface area contributed by atoms with Gasteiger partial charge in [-0.15, -0.1) is 68.0 Å². The second-order valence-electron chi connectivity index (χ2n) is 11.1. The van der Waals surface area contributed by atoms with Crippen molar-refractivity contribution in [1.29, 1.82) is 0 Å². The van der Waals surface area contributed by atoms with Crippen LogP contribution in [0.5, 0.6) is 0 Å². The first-order chi connectivity index (χ1) is 21.2. The second kappa shape index (κ2) is 10.8. The minimum Gasteiger partial charge on any atom is -0.194 e. The molecule has 45 heavy (non-hydrogen) atoms. The Morgan fingerprint density at radius 2 is 1.02 bits per heavy atom. The number of allylic oxidation sites excluding steroid dienone is 2. The van der Waals surface area contributed by atoms with Crippen molar-refractivity contribution in [3.05, 3.63) is 91.3 Å². The molecule has 6 aromatic heterocycles. The predicted octanol–water partition coefficient (Wildman–Crippen LogP) is 13.8. The number of hydrogen-bond donors (Lipinski definition) is 0. The molecular weight excluding hydrogens is 703 g/mol. The summed E-state index contributed by atoms with van der Waals surface area (Å²) in [5.74, 6) is -15.9. The molecule has 1 aliphatic rings. The van der Waals surface area contributed by atoms with Crippen molar-refractivity contribution < 1.29 is 26.3 Å². The fraction of sp³-hybridized carbons (Fsp3) is 0.212. The fourth-order valence-electron chi connectivity index (χ4n) is 5.49. The van der Waals surface area contributed by atoms with Gasteiger partial charge in [0, 0.05) is 51.5 Å². The van der Waals surface area contributed by atoms with Gasteiger partial charge in [-0.1, -0.05) is 0 Å². The first-order valence-electron chi connectivity index (χ1n) is 13.6. The van der Waals surface area contributed by atoms with Crippen LogP contribution < -0.4 is 0 Å². The van der Waals surface area contributed by atoms with E-state index in [9.17, 15) is 0 Å². The van der Waals surface area contributed by atoms with Crippen molar-refractivity contribution in [1.82, 2.24) is 0 Å². The summed E-state index contributed by atoms with van der Waals surface area (Å²) in [5, 5.41) is 7.29. The van der Waals surface area contributed by atoms with Gasteiger partial charge in [0.15, 0.2) is 0 Å². The van der Waals surface area contributed by atoms with Gasteiger partial charge in [-0.3, -0.25) is 0 Å². The lowest BCUT2D eigenvalue weighted by molar-refractivity contribution is -0.254. The highest BCUT2D eigenvalue weighted by atomic mass is 32.1. The molecule has 0 atom stereocenters. The van der Waals surface area contributed by atoms with E-state index in [4.69, 9.17) is 0 Å². The average Bonchev–Trinajstić information content (AvgIpc) is 3.80. The summed E-state index contributed by atoms with van der Waals surface area (Å²) in [6.45, 7) is 7.20. The van der Waals surface area contributed by atoms with Crippen LogP contribution in [0, 0.1) is 27.7 Å². The van der Waals surface area contributed by atoms with Crippen molar-refractivity contribution in [2.24, 2.45) is 0 Å². The highest BCUT2D eigenvalue weighted by Gasteiger charge is 2.80. The molecule has 0 aromatic carbocycles. The van der Waals surface area contributed by atoms with Crippen LogP contribution in [0.1, 0.15) is 33.4 Å². The molecule has 0 bridgehead atoms. The van der Waals surface area contributed by atoms with Crippen molar-refractivity contribution in [3.63, 3.8) is 0 Å². The molecule has 0 fully saturated rings. The normalized spacial score (nSPS) is 17.1. The predicted molar refractivity (Wildman–Crippen MR) is 182 cm³/mol. The Labute approximate surface area is 279 Å². The zero-order valence-corrected chi connectivity index (χ0v) is 28.9. The summed E-state index contributed by atoms with van der Waals surface area (Å²) in [4.78, 5) is 4.83. The minimum absolute atomic E-state index is 0.246. The van der Waals surface area contributed by atoms with Crippen LogP contribution in [0.25, 0.3) is 50.2 Å². The Morgan fingerprint density at radius 3 is 1.60 bits per heavy atom. The van der Waals surface area contributed by atoms with Gasteiger partial charge in [0.1, 0.15) is 0 Å². The lowest BCUT2D eigenvalue weighted by atomic mass is 9.92. The third kappa shape index (κ3) is 4.78. The maximum Gasteiger partial charge on any atom is 0.380 e. The number of aryl methyl sites for hydroxylation is 4. The lowest BCUT2D eigenvalue weighted by Crippen LogP contribution is -2.48. The lowest BCUT2D eigenvalue weighted by Gasteiger charge is -2.26. The largest absolute Gasteiger partial charge is 0.380 e. The molecule has 0 amide bonds. The van der Waals surface area contributed by atoms with Crippen molar-refractivity contribution >= 4 is 79.2 Å². The van der Waals surface area contributed by atoms with Gasteiger partial charge in [-0.25, -0.2) is 0 Å². The molecule has 12 heteroatoms. The Bertz CT molecular complexity index is 2110. The smallest absolute Gasteiger partial charge is 0.194 e. The zero-order valence-electron chi connectivity index (χ0n) is 24.0. The van der Waals surface area contributed by atoms with E-state index in [0.717, 1.165) is 54.0 Å². The molecule has 0 unspecified atom stereocenters. The first kappa shape index (κ1) is 31.1. The SMILES string of the molecule is Cc1csc(-c2ccc(-c3scc(C)c3C3=C(c4cc(-c5cc(C)cs5)sc4-c4cc(C)cs4)C(F)(F)C(F)(F)C3(F)F)s2)c1. The van der Waals surface area contributed by atoms with Gasteiger partial charge >= 0.3 is 17.8 Å². The molecule has 0 N–H and O–H groups in total. The molecule has 6 aromatic rings. The van der Waals surface area contributed by atoms with E-state index in [1.165, 1.54) is 58.3 Å². The average molecular weight is 725 g/mol. The van der Waals surface area contributed by atoms with Crippen molar-refractivity contribution in [3.8, 4) is 39.0 Å². The Balaban J connectivity index is 1.52. The van der Waals surface area contributed by atoms with Gasteiger partial charge < -0.3 is 0 Å². The van der Waals surface area contributed by atoms with Crippen LogP contribution in [-0.2, 0) is 0 Å². The molecule has 6 heterocycles. The van der Waals surface area contributed by atoms with Crippen molar-refractivity contribution in [2.75, 3.05) is 0 Å². The van der Waals surface area contributed by atoms with E-state index in [1.807, 2.05) is 55.1 Å². The van der Waals surface area contributed by atoms with E-state index < -0.39 is 28.9 Å². The summed E-state index contributed by atoms with van der Waals surface area (Å²) in [5.41, 5.74) is 0.00280. The number of halogens is 6. The molecular formula is C33H22F6S6. The van der Waals surface area contributed by atoms with Crippen LogP contribution >= 0.6 is 68.0 Å². The van der Waals surface area contributed by atoms with E-state index in [1.54, 1.807) is 17.5 Å². The molecule has 0 spiro atoms. The monoisotopic (exact) mass is 724 g/mol. The zero-order chi connectivity index (χ0) is 32.1. The number of thiophene rings is 6. The van der Waals surface area contributed by atoms with Gasteiger partial charge in [-0.05, 0) is 108 Å². The Kier molecular flexibility index (Phi) is 7.46. The van der Waals surface area contributed by atoms with Gasteiger partial charge in [0.25, 0.3) is 0 Å². The number of alkyl halides is 6. The summed E-state index contributed by atoms with van der Waals surface area (Å²) in [6.07, 6.45) is 0. The summed E-state index contributed by atoms with van der Waals surface area (Å²) in [6, 6.07) is 10.6. The summed E-state index contributed by atoms with van der Waals surface area (Å²) in [7, 11) is 0. The molecule has 7 rings (SSSR count). The van der Waals surface area contributed by atoms with Gasteiger partial charge in [-0.2, -0.15) is 26.3 Å². The molecule has 0 nitrogen and oxygen atoms in total. The third-order valence-corrected chi connectivity index (χ3v) is 14.8. The summed E-state index contributed by atoms with van der Waals surface area (Å²) >= 11 is 7.77. The molecule has 0 saturated heterocycles. The molecule has 0 aliphatic heterocycles. The second-order valence-corrected chi connectivity index (χ2v) is 16.8. The fourth-order valence-corrected chi connectivity index (χ4v) is 11.9. The molecule has 0 radical (unpaired) electrons. The van der Waals surface area contributed by atoms with Crippen molar-refractivity contribution in [2.45, 2.75) is 45.5 Å². The van der Waals surface area contributed by atoms with E-state index in [2.05, 4.69) is 0 Å². The minimum atomic E-state index is -5.64. The van der Waals surface area contributed by atoms with E-state index in [-0.39, 0.29) is 26.4 Å². The van der Waals surface area contributed by atoms with E-state index >= 15 is 26.3 Å². The van der Waals surface area contributed by atoms with Crippen LogP contribution in [0.15, 0.2) is 57.9 Å². The molecule has 1 aliphatic carbocycles. The van der Waals surface area contributed by atoms with Crippen LogP contribution in [0.4, 0.5) is 26.3 Å². The quantitative estimate of drug-likeness (QED) is 0.150. The topological polar surface area (TPSA) is 0 Å². The number of hydrogen-bond acceptors (Lipinski definition) is 6. The van der Waals surface area contributed by atoms with Gasteiger partial charge in [0.2, 0.25) is 0 Å².